The Morgan fingerprint density at radius 1 is 1.37 bits per heavy atom. The molecule has 6 heteroatoms. The highest BCUT2D eigenvalue weighted by Gasteiger charge is 2.19. The Morgan fingerprint density at radius 3 is 2.68 bits per heavy atom. The average molecular weight is 303 g/mol. The third-order valence-corrected chi connectivity index (χ3v) is 4.02. The van der Waals surface area contributed by atoms with Crippen LogP contribution in [0.2, 0.25) is 10.0 Å². The molecule has 1 fully saturated rings. The van der Waals surface area contributed by atoms with Crippen molar-refractivity contribution in [2.75, 3.05) is 30.7 Å². The molecule has 1 aromatic heterocycles. The maximum atomic E-state index is 6.12. The molecule has 19 heavy (non-hydrogen) atoms. The van der Waals surface area contributed by atoms with Crippen LogP contribution in [0, 0.1) is 0 Å². The van der Waals surface area contributed by atoms with Crippen LogP contribution in [0.1, 0.15) is 26.2 Å². The summed E-state index contributed by atoms with van der Waals surface area (Å²) in [6, 6.07) is 2.04. The molecule has 3 N–H and O–H groups in total. The van der Waals surface area contributed by atoms with Crippen molar-refractivity contribution in [1.82, 2.24) is 9.88 Å². The molecule has 2 rings (SSSR count). The molecule has 0 radical (unpaired) electrons. The fourth-order valence-corrected chi connectivity index (χ4v) is 2.81. The molecule has 0 amide bonds. The van der Waals surface area contributed by atoms with Crippen molar-refractivity contribution >= 4 is 34.8 Å². The Hall–Kier alpha value is -0.710. The van der Waals surface area contributed by atoms with Gasteiger partial charge in [-0.3, -0.25) is 0 Å². The van der Waals surface area contributed by atoms with Gasteiger partial charge in [0.15, 0.2) is 0 Å². The predicted molar refractivity (Wildman–Crippen MR) is 82.0 cm³/mol. The van der Waals surface area contributed by atoms with Crippen molar-refractivity contribution in [2.45, 2.75) is 32.2 Å². The van der Waals surface area contributed by atoms with Crippen molar-refractivity contribution in [3.63, 3.8) is 0 Å². The van der Waals surface area contributed by atoms with Crippen LogP contribution in [0.25, 0.3) is 0 Å². The lowest BCUT2D eigenvalue weighted by Crippen LogP contribution is -2.39. The van der Waals surface area contributed by atoms with E-state index in [4.69, 9.17) is 28.9 Å². The predicted octanol–water partition coefficient (Wildman–Crippen LogP) is 3.26. The molecule has 0 spiro atoms. The normalized spacial score (nSPS) is 17.6. The molecule has 0 unspecified atom stereocenters. The summed E-state index contributed by atoms with van der Waals surface area (Å²) in [6.07, 6.45) is 3.40. The molecule has 1 aliphatic heterocycles. The number of piperidine rings is 1. The number of hydrogen-bond donors (Lipinski definition) is 2. The summed E-state index contributed by atoms with van der Waals surface area (Å²) in [5.41, 5.74) is 5.71. The van der Waals surface area contributed by atoms with Crippen molar-refractivity contribution in [3.05, 3.63) is 16.1 Å². The van der Waals surface area contributed by atoms with Gasteiger partial charge in [0.1, 0.15) is 11.6 Å². The SMILES string of the molecule is CCCN1CCC(Nc2nc(N)c(Cl)cc2Cl)CC1. The van der Waals surface area contributed by atoms with E-state index in [0.29, 0.717) is 27.7 Å². The van der Waals surface area contributed by atoms with Gasteiger partial charge >= 0.3 is 0 Å². The first-order chi connectivity index (χ1) is 9.10. The minimum atomic E-state index is 0.317. The molecule has 0 atom stereocenters. The molecule has 0 saturated carbocycles. The van der Waals surface area contributed by atoms with E-state index < -0.39 is 0 Å². The van der Waals surface area contributed by atoms with Crippen molar-refractivity contribution < 1.29 is 0 Å². The van der Waals surface area contributed by atoms with Crippen LogP contribution < -0.4 is 11.1 Å². The Bertz CT molecular complexity index is 431. The van der Waals surface area contributed by atoms with E-state index in [1.54, 1.807) is 6.07 Å². The molecule has 0 aromatic carbocycles. The van der Waals surface area contributed by atoms with E-state index in [2.05, 4.69) is 22.1 Å². The van der Waals surface area contributed by atoms with Gasteiger partial charge in [-0.15, -0.1) is 0 Å². The number of anilines is 2. The number of nitrogens with two attached hydrogens (primary N) is 1. The summed E-state index contributed by atoms with van der Waals surface area (Å²) in [5.74, 6) is 0.953. The monoisotopic (exact) mass is 302 g/mol. The molecule has 1 aliphatic rings. The van der Waals surface area contributed by atoms with Crippen LogP contribution in [0.4, 0.5) is 11.6 Å². The number of nitrogens with zero attached hydrogens (tertiary/aromatic N) is 2. The summed E-state index contributed by atoms with van der Waals surface area (Å²) < 4.78 is 0. The van der Waals surface area contributed by atoms with E-state index >= 15 is 0 Å². The first kappa shape index (κ1) is 14.7. The third kappa shape index (κ3) is 3.88. The number of nitrogen functional groups attached to an aromatic ring is 1. The Morgan fingerprint density at radius 2 is 2.05 bits per heavy atom. The van der Waals surface area contributed by atoms with E-state index in [9.17, 15) is 0 Å². The number of likely N-dealkylation sites (tertiary alicyclic amines) is 1. The van der Waals surface area contributed by atoms with E-state index in [1.165, 1.54) is 13.0 Å². The number of hydrogen-bond acceptors (Lipinski definition) is 4. The van der Waals surface area contributed by atoms with Crippen molar-refractivity contribution in [2.24, 2.45) is 0 Å². The van der Waals surface area contributed by atoms with Crippen LogP contribution >= 0.6 is 23.2 Å². The lowest BCUT2D eigenvalue weighted by molar-refractivity contribution is 0.219. The Labute approximate surface area is 124 Å². The van der Waals surface area contributed by atoms with Gasteiger partial charge in [0.05, 0.1) is 10.0 Å². The molecule has 0 aliphatic carbocycles. The van der Waals surface area contributed by atoms with Gasteiger partial charge in [-0.1, -0.05) is 30.1 Å². The molecule has 106 valence electrons. The van der Waals surface area contributed by atoms with Gasteiger partial charge in [-0.2, -0.15) is 0 Å². The summed E-state index contributed by atoms with van der Waals surface area (Å²) >= 11 is 12.0. The number of rotatable bonds is 4. The second-order valence-electron chi connectivity index (χ2n) is 4.95. The summed E-state index contributed by atoms with van der Waals surface area (Å²) in [6.45, 7) is 5.63. The molecule has 2 heterocycles. The zero-order valence-corrected chi connectivity index (χ0v) is 12.6. The van der Waals surface area contributed by atoms with Crippen LogP contribution in [0.5, 0.6) is 0 Å². The van der Waals surface area contributed by atoms with Gasteiger partial charge < -0.3 is 16.0 Å². The van der Waals surface area contributed by atoms with Gasteiger partial charge in [0.2, 0.25) is 0 Å². The molecule has 1 aromatic rings. The second-order valence-corrected chi connectivity index (χ2v) is 5.76. The highest BCUT2D eigenvalue weighted by Crippen LogP contribution is 2.28. The zero-order chi connectivity index (χ0) is 13.8. The van der Waals surface area contributed by atoms with Gasteiger partial charge in [0.25, 0.3) is 0 Å². The van der Waals surface area contributed by atoms with E-state index in [-0.39, 0.29) is 0 Å². The molecule has 1 saturated heterocycles. The van der Waals surface area contributed by atoms with Crippen LogP contribution in [0.3, 0.4) is 0 Å². The largest absolute Gasteiger partial charge is 0.382 e. The smallest absolute Gasteiger partial charge is 0.147 e. The quantitative estimate of drug-likeness (QED) is 0.896. The van der Waals surface area contributed by atoms with Gasteiger partial charge in [0, 0.05) is 19.1 Å². The maximum Gasteiger partial charge on any atom is 0.147 e. The second kappa shape index (κ2) is 6.64. The number of aromatic nitrogens is 1. The highest BCUT2D eigenvalue weighted by molar-refractivity contribution is 6.37. The average Bonchev–Trinajstić information content (AvgIpc) is 2.38. The molecular formula is C13H20Cl2N4. The minimum absolute atomic E-state index is 0.317. The minimum Gasteiger partial charge on any atom is -0.382 e. The summed E-state index contributed by atoms with van der Waals surface area (Å²) in [4.78, 5) is 6.70. The lowest BCUT2D eigenvalue weighted by atomic mass is 10.0. The Kier molecular flexibility index (Phi) is 5.13. The summed E-state index contributed by atoms with van der Waals surface area (Å²) in [7, 11) is 0. The Balaban J connectivity index is 1.94. The van der Waals surface area contributed by atoms with Gasteiger partial charge in [-0.05, 0) is 31.9 Å². The van der Waals surface area contributed by atoms with Crippen molar-refractivity contribution in [1.29, 1.82) is 0 Å². The van der Waals surface area contributed by atoms with E-state index in [1.807, 2.05) is 0 Å². The molecular weight excluding hydrogens is 283 g/mol. The van der Waals surface area contributed by atoms with Crippen LogP contribution in [-0.4, -0.2) is 35.6 Å². The van der Waals surface area contributed by atoms with Crippen molar-refractivity contribution in [3.8, 4) is 0 Å². The maximum absolute atomic E-state index is 6.12. The number of pyridine rings is 1. The third-order valence-electron chi connectivity index (χ3n) is 3.42. The first-order valence-electron chi connectivity index (χ1n) is 6.70. The number of nitrogens with one attached hydrogen (secondary N) is 1. The van der Waals surface area contributed by atoms with Crippen LogP contribution in [-0.2, 0) is 0 Å². The molecule has 0 bridgehead atoms. The fraction of sp³-hybridized carbons (Fsp3) is 0.615. The molecule has 4 nitrogen and oxygen atoms in total. The van der Waals surface area contributed by atoms with E-state index in [0.717, 1.165) is 25.9 Å². The highest BCUT2D eigenvalue weighted by atomic mass is 35.5. The zero-order valence-electron chi connectivity index (χ0n) is 11.1. The fourth-order valence-electron chi connectivity index (χ4n) is 2.39. The number of halogens is 2. The first-order valence-corrected chi connectivity index (χ1v) is 7.46. The topological polar surface area (TPSA) is 54.2 Å². The standard InChI is InChI=1S/C13H20Cl2N4/c1-2-5-19-6-3-9(4-7-19)17-13-11(15)8-10(14)12(16)18-13/h8-9H,2-7H2,1H3,(H3,16,17,18). The lowest BCUT2D eigenvalue weighted by Gasteiger charge is -2.32. The summed E-state index contributed by atoms with van der Waals surface area (Å²) in [5, 5.41) is 4.29. The van der Waals surface area contributed by atoms with Gasteiger partial charge in [-0.25, -0.2) is 4.98 Å². The van der Waals surface area contributed by atoms with Crippen LogP contribution in [0.15, 0.2) is 6.07 Å².